The molecule has 108 valence electrons. The van der Waals surface area contributed by atoms with Crippen molar-refractivity contribution in [1.29, 1.82) is 0 Å². The molecule has 0 atom stereocenters. The second kappa shape index (κ2) is 5.92. The molecule has 0 spiro atoms. The van der Waals surface area contributed by atoms with E-state index >= 15 is 0 Å². The fourth-order valence-corrected chi connectivity index (χ4v) is 2.75. The van der Waals surface area contributed by atoms with Crippen LogP contribution in [0.25, 0.3) is 0 Å². The van der Waals surface area contributed by atoms with Gasteiger partial charge in [-0.05, 0) is 43.5 Å². The Morgan fingerprint density at radius 3 is 2.05 bits per heavy atom. The SMILES string of the molecule is CC(C)NS(=O)(=O)c1ccc(NCC(C)(C)C)cc1. The van der Waals surface area contributed by atoms with Gasteiger partial charge in [0.05, 0.1) is 4.90 Å². The van der Waals surface area contributed by atoms with Crippen molar-refractivity contribution in [2.45, 2.75) is 45.6 Å². The van der Waals surface area contributed by atoms with E-state index in [1.54, 1.807) is 38.1 Å². The molecule has 0 unspecified atom stereocenters. The van der Waals surface area contributed by atoms with Crippen molar-refractivity contribution in [3.05, 3.63) is 24.3 Å². The van der Waals surface area contributed by atoms with E-state index in [1.807, 2.05) is 0 Å². The highest BCUT2D eigenvalue weighted by molar-refractivity contribution is 7.89. The number of rotatable bonds is 5. The molecule has 0 heterocycles. The third-order valence-electron chi connectivity index (χ3n) is 2.38. The van der Waals surface area contributed by atoms with Crippen LogP contribution in [0.15, 0.2) is 29.2 Å². The molecular formula is C14H24N2O2S. The van der Waals surface area contributed by atoms with Gasteiger partial charge in [0.25, 0.3) is 0 Å². The van der Waals surface area contributed by atoms with Gasteiger partial charge in [0, 0.05) is 18.3 Å². The van der Waals surface area contributed by atoms with Crippen LogP contribution in [-0.4, -0.2) is 21.0 Å². The van der Waals surface area contributed by atoms with Gasteiger partial charge in [0.15, 0.2) is 0 Å². The standard InChI is InChI=1S/C14H24N2O2S/c1-11(2)16-19(17,18)13-8-6-12(7-9-13)15-10-14(3,4)5/h6-9,11,15-16H,10H2,1-5H3. The van der Waals surface area contributed by atoms with Crippen LogP contribution in [0.1, 0.15) is 34.6 Å². The summed E-state index contributed by atoms with van der Waals surface area (Å²) in [6, 6.07) is 6.72. The van der Waals surface area contributed by atoms with E-state index < -0.39 is 10.0 Å². The van der Waals surface area contributed by atoms with Crippen molar-refractivity contribution < 1.29 is 8.42 Å². The molecule has 0 aromatic heterocycles. The van der Waals surface area contributed by atoms with Gasteiger partial charge in [-0.25, -0.2) is 13.1 Å². The Kier molecular flexibility index (Phi) is 4.98. The summed E-state index contributed by atoms with van der Waals surface area (Å²) in [6.07, 6.45) is 0. The van der Waals surface area contributed by atoms with E-state index in [-0.39, 0.29) is 11.5 Å². The number of hydrogen-bond acceptors (Lipinski definition) is 3. The summed E-state index contributed by atoms with van der Waals surface area (Å²) >= 11 is 0. The van der Waals surface area contributed by atoms with E-state index in [2.05, 4.69) is 30.8 Å². The van der Waals surface area contributed by atoms with Gasteiger partial charge >= 0.3 is 0 Å². The van der Waals surface area contributed by atoms with Gasteiger partial charge in [-0.15, -0.1) is 0 Å². The van der Waals surface area contributed by atoms with Crippen molar-refractivity contribution in [1.82, 2.24) is 4.72 Å². The molecule has 19 heavy (non-hydrogen) atoms. The second-order valence-corrected chi connectivity index (χ2v) is 7.93. The van der Waals surface area contributed by atoms with E-state index in [0.717, 1.165) is 12.2 Å². The summed E-state index contributed by atoms with van der Waals surface area (Å²) in [5, 5.41) is 3.29. The van der Waals surface area contributed by atoms with Crippen LogP contribution in [-0.2, 0) is 10.0 Å². The minimum absolute atomic E-state index is 0.108. The lowest BCUT2D eigenvalue weighted by Crippen LogP contribution is -2.30. The molecule has 0 aliphatic heterocycles. The lowest BCUT2D eigenvalue weighted by molar-refractivity contribution is 0.443. The Morgan fingerprint density at radius 1 is 1.11 bits per heavy atom. The maximum Gasteiger partial charge on any atom is 0.240 e. The third kappa shape index (κ3) is 5.61. The van der Waals surface area contributed by atoms with Gasteiger partial charge in [-0.1, -0.05) is 20.8 Å². The average Bonchev–Trinajstić information content (AvgIpc) is 2.24. The molecule has 5 heteroatoms. The van der Waals surface area contributed by atoms with Crippen LogP contribution in [0.5, 0.6) is 0 Å². The quantitative estimate of drug-likeness (QED) is 0.874. The first-order valence-corrected chi connectivity index (χ1v) is 7.95. The van der Waals surface area contributed by atoms with Gasteiger partial charge in [0.1, 0.15) is 0 Å². The minimum Gasteiger partial charge on any atom is -0.385 e. The number of anilines is 1. The molecule has 1 aromatic rings. The maximum atomic E-state index is 11.9. The second-order valence-electron chi connectivity index (χ2n) is 6.21. The number of sulfonamides is 1. The van der Waals surface area contributed by atoms with Crippen LogP contribution in [0, 0.1) is 5.41 Å². The Morgan fingerprint density at radius 2 is 1.63 bits per heavy atom. The highest BCUT2D eigenvalue weighted by Crippen LogP contribution is 2.17. The zero-order valence-corrected chi connectivity index (χ0v) is 13.1. The molecule has 1 rings (SSSR count). The summed E-state index contributed by atoms with van der Waals surface area (Å²) in [7, 11) is -3.40. The minimum atomic E-state index is -3.40. The van der Waals surface area contributed by atoms with Crippen molar-refractivity contribution in [2.24, 2.45) is 5.41 Å². The molecule has 0 amide bonds. The van der Waals surface area contributed by atoms with E-state index in [9.17, 15) is 8.42 Å². The Balaban J connectivity index is 2.77. The zero-order valence-electron chi connectivity index (χ0n) is 12.3. The molecule has 0 fully saturated rings. The summed E-state index contributed by atoms with van der Waals surface area (Å²) in [6.45, 7) is 10.9. The van der Waals surface area contributed by atoms with Crippen molar-refractivity contribution in [3.63, 3.8) is 0 Å². The fraction of sp³-hybridized carbons (Fsp3) is 0.571. The van der Waals surface area contributed by atoms with Crippen molar-refractivity contribution in [2.75, 3.05) is 11.9 Å². The monoisotopic (exact) mass is 284 g/mol. The summed E-state index contributed by atoms with van der Waals surface area (Å²) < 4.78 is 26.4. The molecule has 0 saturated carbocycles. The lowest BCUT2D eigenvalue weighted by Gasteiger charge is -2.19. The molecule has 0 radical (unpaired) electrons. The van der Waals surface area contributed by atoms with E-state index in [1.165, 1.54) is 0 Å². The predicted octanol–water partition coefficient (Wildman–Crippen LogP) is 2.83. The Bertz CT molecular complexity index is 499. The molecule has 0 bridgehead atoms. The first-order chi connectivity index (χ1) is 8.60. The molecular weight excluding hydrogens is 260 g/mol. The fourth-order valence-electron chi connectivity index (χ4n) is 1.50. The van der Waals surface area contributed by atoms with Crippen molar-refractivity contribution in [3.8, 4) is 0 Å². The van der Waals surface area contributed by atoms with Crippen LogP contribution in [0.2, 0.25) is 0 Å². The van der Waals surface area contributed by atoms with Gasteiger partial charge in [-0.2, -0.15) is 0 Å². The van der Waals surface area contributed by atoms with Gasteiger partial charge in [0.2, 0.25) is 10.0 Å². The number of hydrogen-bond donors (Lipinski definition) is 2. The molecule has 0 saturated heterocycles. The van der Waals surface area contributed by atoms with E-state index in [4.69, 9.17) is 0 Å². The third-order valence-corrected chi connectivity index (χ3v) is 4.05. The average molecular weight is 284 g/mol. The Labute approximate surface area is 116 Å². The maximum absolute atomic E-state index is 11.9. The zero-order chi connectivity index (χ0) is 14.7. The Hall–Kier alpha value is -1.07. The number of benzene rings is 1. The highest BCUT2D eigenvalue weighted by Gasteiger charge is 2.15. The smallest absolute Gasteiger partial charge is 0.240 e. The molecule has 0 aliphatic rings. The van der Waals surface area contributed by atoms with Gasteiger partial charge in [-0.3, -0.25) is 0 Å². The topological polar surface area (TPSA) is 58.2 Å². The highest BCUT2D eigenvalue weighted by atomic mass is 32.2. The van der Waals surface area contributed by atoms with Crippen LogP contribution < -0.4 is 10.0 Å². The first kappa shape index (κ1) is 16.0. The molecule has 2 N–H and O–H groups in total. The van der Waals surface area contributed by atoms with Crippen LogP contribution in [0.4, 0.5) is 5.69 Å². The van der Waals surface area contributed by atoms with Crippen LogP contribution >= 0.6 is 0 Å². The predicted molar refractivity (Wildman–Crippen MR) is 79.8 cm³/mol. The normalized spacial score (nSPS) is 12.7. The van der Waals surface area contributed by atoms with Crippen LogP contribution in [0.3, 0.4) is 0 Å². The first-order valence-electron chi connectivity index (χ1n) is 6.46. The van der Waals surface area contributed by atoms with Gasteiger partial charge < -0.3 is 5.32 Å². The van der Waals surface area contributed by atoms with Crippen molar-refractivity contribution >= 4 is 15.7 Å². The molecule has 1 aromatic carbocycles. The summed E-state index contributed by atoms with van der Waals surface area (Å²) in [5.41, 5.74) is 1.11. The summed E-state index contributed by atoms with van der Waals surface area (Å²) in [5.74, 6) is 0. The molecule has 0 aliphatic carbocycles. The van der Waals surface area contributed by atoms with E-state index in [0.29, 0.717) is 4.90 Å². The number of nitrogens with one attached hydrogen (secondary N) is 2. The lowest BCUT2D eigenvalue weighted by atomic mass is 9.97. The molecule has 4 nitrogen and oxygen atoms in total. The largest absolute Gasteiger partial charge is 0.385 e. The summed E-state index contributed by atoms with van der Waals surface area (Å²) in [4.78, 5) is 0.294.